The Labute approximate surface area is 147 Å². The van der Waals surface area contributed by atoms with E-state index in [1.54, 1.807) is 0 Å². The highest BCUT2D eigenvalue weighted by Crippen LogP contribution is 2.11. The Kier molecular flexibility index (Phi) is 16.2. The van der Waals surface area contributed by atoms with Crippen LogP contribution < -0.4 is 0 Å². The number of quaternary nitrogens is 1. The maximum Gasteiger partial charge on any atom is 0.0800 e. The van der Waals surface area contributed by atoms with Crippen molar-refractivity contribution in [2.45, 2.75) is 97.3 Å². The molecule has 0 amide bonds. The van der Waals surface area contributed by atoms with Gasteiger partial charge in [-0.15, -0.1) is 0 Å². The van der Waals surface area contributed by atoms with Crippen molar-refractivity contribution in [1.29, 1.82) is 0 Å². The van der Waals surface area contributed by atoms with Crippen LogP contribution in [0, 0.1) is 0 Å². The Balaban J connectivity index is 3.37. The summed E-state index contributed by atoms with van der Waals surface area (Å²) in [5.74, 6) is 0. The first kappa shape index (κ1) is 22.6. The second-order valence-electron chi connectivity index (χ2n) is 7.80. The Hall–Kier alpha value is -0.370. The molecule has 138 valence electrons. The first-order valence-electron chi connectivity index (χ1n) is 10.4. The minimum absolute atomic E-state index is 1.01. The number of unbranched alkanes of at least 4 members (excludes halogenated alkanes) is 10. The zero-order valence-corrected chi connectivity index (χ0v) is 16.8. The molecule has 0 fully saturated rings. The molecule has 0 heterocycles. The second-order valence-corrected chi connectivity index (χ2v) is 7.80. The maximum absolute atomic E-state index is 4.49. The molecular weight excluding hydrogens is 280 g/mol. The summed E-state index contributed by atoms with van der Waals surface area (Å²) in [7, 11) is 4.76. The molecule has 0 aliphatic heterocycles. The zero-order chi connectivity index (χ0) is 17.2. The summed E-state index contributed by atoms with van der Waals surface area (Å²) in [6.45, 7) is 8.11. The van der Waals surface area contributed by atoms with Gasteiger partial charge >= 0.3 is 0 Å². The number of rotatable bonds is 17. The van der Waals surface area contributed by atoms with Crippen LogP contribution in [0.1, 0.15) is 97.3 Å². The average molecular weight is 326 g/mol. The van der Waals surface area contributed by atoms with Gasteiger partial charge in [0.25, 0.3) is 0 Å². The van der Waals surface area contributed by atoms with E-state index >= 15 is 0 Å². The molecule has 0 rings (SSSR count). The van der Waals surface area contributed by atoms with E-state index in [1.165, 1.54) is 94.6 Å². The first-order valence-corrected chi connectivity index (χ1v) is 10.4. The van der Waals surface area contributed by atoms with Crippen molar-refractivity contribution in [2.75, 3.05) is 33.7 Å². The highest BCUT2D eigenvalue weighted by molar-refractivity contribution is 5.56. The summed E-state index contributed by atoms with van der Waals surface area (Å²) in [6.07, 6.45) is 20.0. The van der Waals surface area contributed by atoms with Gasteiger partial charge in [-0.2, -0.15) is 0 Å². The number of hydrogen-bond acceptors (Lipinski definition) is 1. The standard InChI is InChI=1S/C21H45N2/c1-5-7-9-10-11-12-13-14-15-16-20-23(3,4)21-17-19-22-18-8-6-2/h18H,5-17,19-21H2,1-4H3/q+1. The Bertz CT molecular complexity index is 259. The normalized spacial score (nSPS) is 12.3. The topological polar surface area (TPSA) is 12.4 Å². The van der Waals surface area contributed by atoms with Gasteiger partial charge in [-0.05, 0) is 25.5 Å². The number of aliphatic imine (C=N–C) groups is 1. The van der Waals surface area contributed by atoms with Crippen LogP contribution in [-0.2, 0) is 0 Å². The third-order valence-electron chi connectivity index (χ3n) is 4.71. The van der Waals surface area contributed by atoms with Crippen molar-refractivity contribution in [3.8, 4) is 0 Å². The lowest BCUT2D eigenvalue weighted by Gasteiger charge is -2.29. The van der Waals surface area contributed by atoms with Crippen LogP contribution in [0.25, 0.3) is 0 Å². The summed E-state index contributed by atoms with van der Waals surface area (Å²) >= 11 is 0. The highest BCUT2D eigenvalue weighted by Gasteiger charge is 2.13. The Morgan fingerprint density at radius 3 is 1.74 bits per heavy atom. The van der Waals surface area contributed by atoms with E-state index in [9.17, 15) is 0 Å². The van der Waals surface area contributed by atoms with Gasteiger partial charge in [0.15, 0.2) is 0 Å². The van der Waals surface area contributed by atoms with Crippen LogP contribution in [0.3, 0.4) is 0 Å². The molecule has 0 saturated carbocycles. The Morgan fingerprint density at radius 2 is 1.17 bits per heavy atom. The van der Waals surface area contributed by atoms with Crippen LogP contribution in [0.5, 0.6) is 0 Å². The SMILES string of the molecule is CCCC=NCCC[N+](C)(C)CCCCCCCCCCCC. The lowest BCUT2D eigenvalue weighted by Crippen LogP contribution is -2.41. The second kappa shape index (κ2) is 16.5. The van der Waals surface area contributed by atoms with Crippen molar-refractivity contribution < 1.29 is 4.48 Å². The van der Waals surface area contributed by atoms with Crippen LogP contribution in [0.4, 0.5) is 0 Å². The minimum atomic E-state index is 1.01. The van der Waals surface area contributed by atoms with Gasteiger partial charge in [0, 0.05) is 13.0 Å². The van der Waals surface area contributed by atoms with Crippen molar-refractivity contribution in [3.05, 3.63) is 0 Å². The van der Waals surface area contributed by atoms with E-state index in [0.717, 1.165) is 13.0 Å². The van der Waals surface area contributed by atoms with Gasteiger partial charge in [-0.25, -0.2) is 0 Å². The molecule has 23 heavy (non-hydrogen) atoms. The molecule has 0 radical (unpaired) electrons. The van der Waals surface area contributed by atoms with E-state index in [1.807, 2.05) is 0 Å². The monoisotopic (exact) mass is 325 g/mol. The first-order chi connectivity index (χ1) is 11.1. The lowest BCUT2D eigenvalue weighted by atomic mass is 10.1. The summed E-state index contributed by atoms with van der Waals surface area (Å²) in [6, 6.07) is 0. The summed E-state index contributed by atoms with van der Waals surface area (Å²) in [4.78, 5) is 4.49. The van der Waals surface area contributed by atoms with Crippen LogP contribution in [0.2, 0.25) is 0 Å². The third kappa shape index (κ3) is 17.8. The van der Waals surface area contributed by atoms with E-state index in [2.05, 4.69) is 39.1 Å². The van der Waals surface area contributed by atoms with Gasteiger partial charge in [0.05, 0.1) is 27.2 Å². The molecule has 0 atom stereocenters. The van der Waals surface area contributed by atoms with E-state index in [0.29, 0.717) is 0 Å². The molecule has 0 aliphatic carbocycles. The fourth-order valence-corrected chi connectivity index (χ4v) is 3.04. The van der Waals surface area contributed by atoms with E-state index in [-0.39, 0.29) is 0 Å². The average Bonchev–Trinajstić information content (AvgIpc) is 2.52. The van der Waals surface area contributed by atoms with E-state index < -0.39 is 0 Å². The summed E-state index contributed by atoms with van der Waals surface area (Å²) in [5, 5.41) is 0. The van der Waals surface area contributed by atoms with Gasteiger partial charge in [-0.3, -0.25) is 4.99 Å². The quantitative estimate of drug-likeness (QED) is 0.170. The molecule has 2 nitrogen and oxygen atoms in total. The van der Waals surface area contributed by atoms with Crippen LogP contribution in [-0.4, -0.2) is 44.4 Å². The van der Waals surface area contributed by atoms with Gasteiger partial charge in [0.2, 0.25) is 0 Å². The molecule has 0 aromatic heterocycles. The lowest BCUT2D eigenvalue weighted by molar-refractivity contribution is -0.890. The van der Waals surface area contributed by atoms with Crippen molar-refractivity contribution in [2.24, 2.45) is 4.99 Å². The van der Waals surface area contributed by atoms with Crippen molar-refractivity contribution in [1.82, 2.24) is 0 Å². The summed E-state index contributed by atoms with van der Waals surface area (Å²) in [5.41, 5.74) is 0. The minimum Gasteiger partial charge on any atom is -0.328 e. The van der Waals surface area contributed by atoms with Crippen molar-refractivity contribution in [3.63, 3.8) is 0 Å². The molecule has 0 N–H and O–H groups in total. The van der Waals surface area contributed by atoms with Crippen molar-refractivity contribution >= 4 is 6.21 Å². The van der Waals surface area contributed by atoms with Gasteiger partial charge < -0.3 is 4.48 Å². The molecule has 0 bridgehead atoms. The molecule has 0 unspecified atom stereocenters. The molecule has 2 heteroatoms. The molecule has 0 spiro atoms. The molecule has 0 saturated heterocycles. The predicted octanol–water partition coefficient (Wildman–Crippen LogP) is 6.24. The maximum atomic E-state index is 4.49. The molecule has 0 aromatic rings. The van der Waals surface area contributed by atoms with Crippen LogP contribution in [0.15, 0.2) is 4.99 Å². The number of nitrogens with zero attached hydrogens (tertiary/aromatic N) is 2. The fraction of sp³-hybridized carbons (Fsp3) is 0.952. The molecule has 0 aliphatic rings. The fourth-order valence-electron chi connectivity index (χ4n) is 3.04. The number of hydrogen-bond donors (Lipinski definition) is 0. The van der Waals surface area contributed by atoms with Crippen LogP contribution >= 0.6 is 0 Å². The largest absolute Gasteiger partial charge is 0.328 e. The molecule has 0 aromatic carbocycles. The predicted molar refractivity (Wildman–Crippen MR) is 107 cm³/mol. The third-order valence-corrected chi connectivity index (χ3v) is 4.71. The zero-order valence-electron chi connectivity index (χ0n) is 16.8. The molecular formula is C21H45N2+. The smallest absolute Gasteiger partial charge is 0.0800 e. The van der Waals surface area contributed by atoms with E-state index in [4.69, 9.17) is 0 Å². The summed E-state index contributed by atoms with van der Waals surface area (Å²) < 4.78 is 1.17. The Morgan fingerprint density at radius 1 is 0.652 bits per heavy atom. The van der Waals surface area contributed by atoms with Gasteiger partial charge in [-0.1, -0.05) is 71.6 Å². The highest BCUT2D eigenvalue weighted by atomic mass is 15.3. The van der Waals surface area contributed by atoms with Gasteiger partial charge in [0.1, 0.15) is 0 Å².